The molecular formula is C10H15N4O12P3. The van der Waals surface area contributed by atoms with Crippen molar-refractivity contribution in [2.45, 2.75) is 24.9 Å². The van der Waals surface area contributed by atoms with Crippen LogP contribution in [0, 0.1) is 0 Å². The van der Waals surface area contributed by atoms with Crippen LogP contribution < -0.4 is 0 Å². The highest BCUT2D eigenvalue weighted by Crippen LogP contribution is 2.66. The molecule has 5 N–H and O–H groups in total. The van der Waals surface area contributed by atoms with Crippen LogP contribution in [-0.4, -0.2) is 63.0 Å². The minimum Gasteiger partial charge on any atom is -0.390 e. The smallest absolute Gasteiger partial charge is 0.390 e. The minimum absolute atomic E-state index is 0.0416. The van der Waals surface area contributed by atoms with Crippen molar-refractivity contribution < 1.29 is 56.3 Å². The van der Waals surface area contributed by atoms with Crippen LogP contribution in [0.4, 0.5) is 0 Å². The molecule has 0 spiro atoms. The van der Waals surface area contributed by atoms with Crippen molar-refractivity contribution >= 4 is 34.6 Å². The van der Waals surface area contributed by atoms with Gasteiger partial charge in [0.05, 0.1) is 25.2 Å². The number of aromatic nitrogens is 4. The Hall–Kier alpha value is -1.12. The average Bonchev–Trinajstić information content (AvgIpc) is 3.13. The standard InChI is InChI=1S/C10H15N4O12P3/c15-7-1-9(14-5-13-6-2-11-4-12-10(6)14)24-8(7)3-23-28(19,20)26-29(21,22)25-27(16,17)18/h2,4-5,7-9,15H,1,3H2,(H,19,20)(H,21,22)(H2,16,17,18)/t7-,8+,9+/m0/s1. The first kappa shape index (κ1) is 22.6. The van der Waals surface area contributed by atoms with Crippen molar-refractivity contribution in [3.05, 3.63) is 18.9 Å². The van der Waals surface area contributed by atoms with Gasteiger partial charge < -0.3 is 29.4 Å². The maximum absolute atomic E-state index is 11.7. The molecule has 1 saturated heterocycles. The Morgan fingerprint density at radius 1 is 1.14 bits per heavy atom. The zero-order chi connectivity index (χ0) is 21.4. The second-order valence-corrected chi connectivity index (χ2v) is 10.1. The molecular weight excluding hydrogens is 461 g/mol. The molecule has 29 heavy (non-hydrogen) atoms. The van der Waals surface area contributed by atoms with Gasteiger partial charge in [0.25, 0.3) is 0 Å². The number of phosphoric ester groups is 1. The lowest BCUT2D eigenvalue weighted by Crippen LogP contribution is -2.26. The SMILES string of the molecule is O=P(O)(O)OP(=O)(O)OP(=O)(O)OC[C@H]1O[C@@H](n2cnc3cncnc32)C[C@@H]1O. The van der Waals surface area contributed by atoms with E-state index in [4.69, 9.17) is 19.4 Å². The van der Waals surface area contributed by atoms with E-state index < -0.39 is 48.5 Å². The number of rotatable bonds is 8. The van der Waals surface area contributed by atoms with E-state index in [1.54, 1.807) is 0 Å². The van der Waals surface area contributed by atoms with Crippen molar-refractivity contribution in [1.29, 1.82) is 0 Å². The molecule has 1 aliphatic rings. The Labute approximate surface area is 161 Å². The molecule has 3 heterocycles. The van der Waals surface area contributed by atoms with E-state index in [-0.39, 0.29) is 6.42 Å². The quantitative estimate of drug-likeness (QED) is 0.311. The summed E-state index contributed by atoms with van der Waals surface area (Å²) in [5.41, 5.74) is 0.896. The number of nitrogens with zero attached hydrogens (tertiary/aromatic N) is 4. The molecule has 16 nitrogen and oxygen atoms in total. The number of phosphoric acid groups is 3. The molecule has 0 bridgehead atoms. The summed E-state index contributed by atoms with van der Waals surface area (Å²) < 4.78 is 52.3. The van der Waals surface area contributed by atoms with Gasteiger partial charge in [-0.2, -0.15) is 8.62 Å². The number of aliphatic hydroxyl groups is 1. The average molecular weight is 476 g/mol. The third-order valence-corrected chi connectivity index (χ3v) is 7.37. The summed E-state index contributed by atoms with van der Waals surface area (Å²) in [6, 6.07) is 0. The van der Waals surface area contributed by atoms with Gasteiger partial charge in [0, 0.05) is 6.42 Å². The Morgan fingerprint density at radius 2 is 1.86 bits per heavy atom. The third kappa shape index (κ3) is 5.95. The maximum Gasteiger partial charge on any atom is 0.490 e. The summed E-state index contributed by atoms with van der Waals surface area (Å²) in [6.07, 6.45) is 1.15. The van der Waals surface area contributed by atoms with Gasteiger partial charge in [-0.05, 0) is 0 Å². The van der Waals surface area contributed by atoms with Crippen LogP contribution in [0.3, 0.4) is 0 Å². The number of hydrogen-bond acceptors (Lipinski definition) is 11. The highest BCUT2D eigenvalue weighted by Gasteiger charge is 2.43. The molecule has 19 heteroatoms. The van der Waals surface area contributed by atoms with E-state index in [9.17, 15) is 23.7 Å². The first-order chi connectivity index (χ1) is 13.4. The van der Waals surface area contributed by atoms with Crippen LogP contribution in [0.15, 0.2) is 18.9 Å². The molecule has 0 radical (unpaired) electrons. The zero-order valence-electron chi connectivity index (χ0n) is 14.1. The van der Waals surface area contributed by atoms with Gasteiger partial charge in [-0.1, -0.05) is 0 Å². The molecule has 1 fully saturated rings. The summed E-state index contributed by atoms with van der Waals surface area (Å²) in [5, 5.41) is 10.1. The van der Waals surface area contributed by atoms with Crippen molar-refractivity contribution in [2.75, 3.05) is 6.61 Å². The third-order valence-electron chi connectivity index (χ3n) is 3.57. The van der Waals surface area contributed by atoms with Crippen LogP contribution in [0.1, 0.15) is 12.6 Å². The fourth-order valence-corrected chi connectivity index (χ4v) is 5.53. The molecule has 2 aromatic heterocycles. The molecule has 3 rings (SSSR count). The lowest BCUT2D eigenvalue weighted by Gasteiger charge is -2.19. The highest BCUT2D eigenvalue weighted by molar-refractivity contribution is 7.66. The van der Waals surface area contributed by atoms with Gasteiger partial charge in [0.1, 0.15) is 24.2 Å². The van der Waals surface area contributed by atoms with E-state index in [1.807, 2.05) is 0 Å². The number of imidazole rings is 1. The number of aliphatic hydroxyl groups excluding tert-OH is 1. The van der Waals surface area contributed by atoms with Gasteiger partial charge >= 0.3 is 23.5 Å². The van der Waals surface area contributed by atoms with Gasteiger partial charge in [-0.15, -0.1) is 0 Å². The molecule has 2 aromatic rings. The number of ether oxygens (including phenoxy) is 1. The Morgan fingerprint density at radius 3 is 2.55 bits per heavy atom. The largest absolute Gasteiger partial charge is 0.490 e. The van der Waals surface area contributed by atoms with Crippen molar-refractivity contribution in [1.82, 2.24) is 19.5 Å². The lowest BCUT2D eigenvalue weighted by atomic mass is 10.2. The predicted molar refractivity (Wildman–Crippen MR) is 89.7 cm³/mol. The van der Waals surface area contributed by atoms with Gasteiger partial charge in [0.2, 0.25) is 0 Å². The molecule has 1 aliphatic heterocycles. The summed E-state index contributed by atoms with van der Waals surface area (Å²) in [7, 11) is -16.4. The summed E-state index contributed by atoms with van der Waals surface area (Å²) in [5.74, 6) is 0. The molecule has 162 valence electrons. The lowest BCUT2D eigenvalue weighted by molar-refractivity contribution is -0.0423. The van der Waals surface area contributed by atoms with Crippen LogP contribution >= 0.6 is 23.5 Å². The molecule has 2 unspecified atom stereocenters. The first-order valence-electron chi connectivity index (χ1n) is 7.60. The monoisotopic (exact) mass is 476 g/mol. The van der Waals surface area contributed by atoms with E-state index >= 15 is 0 Å². The number of hydrogen-bond donors (Lipinski definition) is 5. The van der Waals surface area contributed by atoms with Gasteiger partial charge in [0.15, 0.2) is 5.65 Å². The summed E-state index contributed by atoms with van der Waals surface area (Å²) in [4.78, 5) is 47.5. The maximum atomic E-state index is 11.7. The summed E-state index contributed by atoms with van der Waals surface area (Å²) >= 11 is 0. The normalized spacial score (nSPS) is 27.0. The van der Waals surface area contributed by atoms with Gasteiger partial charge in [-0.25, -0.2) is 28.6 Å². The van der Waals surface area contributed by atoms with Gasteiger partial charge in [-0.3, -0.25) is 9.09 Å². The van der Waals surface area contributed by atoms with E-state index in [1.165, 1.54) is 23.4 Å². The Balaban J connectivity index is 1.61. The highest BCUT2D eigenvalue weighted by atomic mass is 31.3. The predicted octanol–water partition coefficient (Wildman–Crippen LogP) is -0.182. The van der Waals surface area contributed by atoms with E-state index in [2.05, 4.69) is 28.1 Å². The fraction of sp³-hybridized carbons (Fsp3) is 0.500. The van der Waals surface area contributed by atoms with Crippen molar-refractivity contribution in [3.63, 3.8) is 0 Å². The van der Waals surface area contributed by atoms with Crippen molar-refractivity contribution in [2.24, 2.45) is 0 Å². The second kappa shape index (κ2) is 8.19. The minimum atomic E-state index is -5.62. The van der Waals surface area contributed by atoms with Crippen LogP contribution in [0.25, 0.3) is 11.2 Å². The molecule has 5 atom stereocenters. The Bertz CT molecular complexity index is 1020. The molecule has 0 aliphatic carbocycles. The van der Waals surface area contributed by atoms with Crippen molar-refractivity contribution in [3.8, 4) is 0 Å². The fourth-order valence-electron chi connectivity index (χ4n) is 2.50. The molecule has 0 saturated carbocycles. The topological polar surface area (TPSA) is 233 Å². The first-order valence-corrected chi connectivity index (χ1v) is 12.1. The van der Waals surface area contributed by atoms with Crippen LogP contribution in [0.2, 0.25) is 0 Å². The number of fused-ring (bicyclic) bond motifs is 1. The van der Waals surface area contributed by atoms with Crippen LogP contribution in [0.5, 0.6) is 0 Å². The summed E-state index contributed by atoms with van der Waals surface area (Å²) in [6.45, 7) is -0.761. The zero-order valence-corrected chi connectivity index (χ0v) is 16.8. The Kier molecular flexibility index (Phi) is 6.37. The molecule has 0 amide bonds. The van der Waals surface area contributed by atoms with Crippen LogP contribution in [-0.2, 0) is 31.6 Å². The second-order valence-electron chi connectivity index (χ2n) is 5.70. The molecule has 0 aromatic carbocycles. The van der Waals surface area contributed by atoms with E-state index in [0.717, 1.165) is 0 Å². The van der Waals surface area contributed by atoms with E-state index in [0.29, 0.717) is 11.2 Å².